The molecule has 1 aromatic carbocycles. The van der Waals surface area contributed by atoms with E-state index in [1.54, 1.807) is 18.0 Å². The fourth-order valence-corrected chi connectivity index (χ4v) is 5.36. The zero-order chi connectivity index (χ0) is 21.6. The van der Waals surface area contributed by atoms with E-state index in [4.69, 9.17) is 11.6 Å². The Bertz CT molecular complexity index is 1120. The number of halogens is 2. The normalized spacial score (nSPS) is 15.0. The average molecular weight is 508 g/mol. The van der Waals surface area contributed by atoms with Crippen molar-refractivity contribution in [3.05, 3.63) is 76.4 Å². The summed E-state index contributed by atoms with van der Waals surface area (Å²) < 4.78 is 2.07. The van der Waals surface area contributed by atoms with Crippen molar-refractivity contribution in [1.29, 1.82) is 0 Å². The topological polar surface area (TPSA) is 54.7 Å². The number of carbonyl (C=O) groups excluding carboxylic acids is 2. The summed E-state index contributed by atoms with van der Waals surface area (Å²) in [5, 5.41) is 1.69. The highest BCUT2D eigenvalue weighted by molar-refractivity contribution is 8.18. The summed E-state index contributed by atoms with van der Waals surface area (Å²) in [7, 11) is 0. The van der Waals surface area contributed by atoms with Gasteiger partial charge in [-0.15, -0.1) is 24.2 Å². The number of imidazole rings is 1. The summed E-state index contributed by atoms with van der Waals surface area (Å²) in [6, 6.07) is 13.7. The van der Waals surface area contributed by atoms with Gasteiger partial charge in [-0.3, -0.25) is 18.9 Å². The molecule has 9 heteroatoms. The van der Waals surface area contributed by atoms with Gasteiger partial charge in [0, 0.05) is 24.0 Å². The molecule has 0 aliphatic carbocycles. The molecule has 0 unspecified atom stereocenters. The molecule has 1 saturated heterocycles. The van der Waals surface area contributed by atoms with E-state index in [1.807, 2.05) is 48.7 Å². The minimum absolute atomic E-state index is 0. The lowest BCUT2D eigenvalue weighted by molar-refractivity contribution is -0.122. The number of aryl methyl sites for hydroxylation is 1. The Labute approximate surface area is 207 Å². The number of hydrogen-bond donors (Lipinski definition) is 0. The lowest BCUT2D eigenvalue weighted by atomic mass is 10.1. The zero-order valence-electron chi connectivity index (χ0n) is 17.3. The number of aromatic nitrogens is 2. The summed E-state index contributed by atoms with van der Waals surface area (Å²) in [6.07, 6.45) is 8.87. The van der Waals surface area contributed by atoms with Crippen LogP contribution in [0, 0.1) is 0 Å². The average Bonchev–Trinajstić information content (AvgIpc) is 3.35. The quantitative estimate of drug-likeness (QED) is 0.188. The van der Waals surface area contributed by atoms with E-state index in [9.17, 15) is 9.59 Å². The van der Waals surface area contributed by atoms with E-state index in [0.29, 0.717) is 22.9 Å². The zero-order valence-corrected chi connectivity index (χ0v) is 20.5. The van der Waals surface area contributed by atoms with Crippen LogP contribution in [-0.4, -0.2) is 37.7 Å². The van der Waals surface area contributed by atoms with Gasteiger partial charge < -0.3 is 0 Å². The van der Waals surface area contributed by atoms with Crippen LogP contribution >= 0.6 is 47.5 Å². The van der Waals surface area contributed by atoms with Gasteiger partial charge in [-0.25, -0.2) is 4.98 Å². The van der Waals surface area contributed by atoms with Crippen molar-refractivity contribution in [3.8, 4) is 0 Å². The molecule has 0 atom stereocenters. The first-order chi connectivity index (χ1) is 15.1. The van der Waals surface area contributed by atoms with E-state index in [2.05, 4.69) is 15.5 Å². The molecule has 0 saturated carbocycles. The molecule has 0 bridgehead atoms. The van der Waals surface area contributed by atoms with Crippen LogP contribution < -0.4 is 0 Å². The van der Waals surface area contributed by atoms with Crippen LogP contribution in [0.1, 0.15) is 24.8 Å². The van der Waals surface area contributed by atoms with Crippen molar-refractivity contribution in [3.63, 3.8) is 0 Å². The second-order valence-electron chi connectivity index (χ2n) is 7.13. The van der Waals surface area contributed by atoms with Crippen molar-refractivity contribution >= 4 is 64.3 Å². The third kappa shape index (κ3) is 6.10. The Balaban J connectivity index is 0.00000289. The highest BCUT2D eigenvalue weighted by Gasteiger charge is 2.34. The van der Waals surface area contributed by atoms with E-state index in [0.717, 1.165) is 53.0 Å². The Kier molecular flexibility index (Phi) is 9.11. The van der Waals surface area contributed by atoms with Crippen molar-refractivity contribution < 1.29 is 9.59 Å². The van der Waals surface area contributed by atoms with Crippen LogP contribution in [0.3, 0.4) is 0 Å². The van der Waals surface area contributed by atoms with Gasteiger partial charge in [0.2, 0.25) is 0 Å². The molecule has 1 fully saturated rings. The third-order valence-corrected chi connectivity index (χ3v) is 7.30. The van der Waals surface area contributed by atoms with E-state index in [1.165, 1.54) is 4.90 Å². The number of pyridine rings is 1. The van der Waals surface area contributed by atoms with Crippen molar-refractivity contribution in [2.45, 2.75) is 30.7 Å². The van der Waals surface area contributed by atoms with E-state index in [-0.39, 0.29) is 23.6 Å². The maximum absolute atomic E-state index is 12.6. The number of rotatable bonds is 9. The summed E-state index contributed by atoms with van der Waals surface area (Å²) in [5.74, 6) is 0.756. The molecule has 2 amide bonds. The summed E-state index contributed by atoms with van der Waals surface area (Å²) >= 11 is 8.71. The first-order valence-electron chi connectivity index (χ1n) is 10.1. The number of unbranched alkanes of at least 4 members (excludes halogenated alkanes) is 1. The van der Waals surface area contributed by atoms with Gasteiger partial charge in [-0.1, -0.05) is 35.9 Å². The van der Waals surface area contributed by atoms with Gasteiger partial charge in [-0.2, -0.15) is 0 Å². The second kappa shape index (κ2) is 11.8. The number of benzene rings is 1. The number of hydrogen-bond acceptors (Lipinski definition) is 5. The first kappa shape index (κ1) is 24.7. The molecule has 4 rings (SSSR count). The highest BCUT2D eigenvalue weighted by atomic mass is 35.5. The van der Waals surface area contributed by atoms with Crippen LogP contribution in [0.15, 0.2) is 70.9 Å². The molecule has 3 heterocycles. The largest absolute Gasteiger partial charge is 0.294 e. The van der Waals surface area contributed by atoms with Crippen LogP contribution in [0.4, 0.5) is 4.79 Å². The molecule has 168 valence electrons. The number of allylic oxidation sites excluding steroid dienone is 1. The first-order valence-corrected chi connectivity index (χ1v) is 12.3. The second-order valence-corrected chi connectivity index (χ2v) is 9.68. The van der Waals surface area contributed by atoms with Crippen LogP contribution in [0.2, 0.25) is 5.02 Å². The van der Waals surface area contributed by atoms with Gasteiger partial charge in [0.05, 0.1) is 9.93 Å². The fraction of sp³-hybridized carbons (Fsp3) is 0.261. The summed E-state index contributed by atoms with van der Waals surface area (Å²) in [4.78, 5) is 31.1. The standard InChI is InChI=1S/C23H22ClN3O2S2.ClH/c24-18-11-9-17(10-12-18)5-3-6-19-22(28)27(23(29)31-19)14-1-2-16-30-21-8-4-7-20-25-13-15-26(20)21;/h4,6-13,15H,1-3,5,14,16H2;1H/b19-6+;. The molecule has 3 aromatic rings. The fourth-order valence-electron chi connectivity index (χ4n) is 3.34. The molecule has 2 aromatic heterocycles. The predicted molar refractivity (Wildman–Crippen MR) is 135 cm³/mol. The van der Waals surface area contributed by atoms with Crippen molar-refractivity contribution in [2.24, 2.45) is 0 Å². The SMILES string of the molecule is Cl.O=C1S/C(=C/CCc2ccc(Cl)cc2)C(=O)N1CCCCSc1cccc2nccn12. The number of thioether (sulfide) groups is 2. The van der Waals surface area contributed by atoms with Crippen LogP contribution in [-0.2, 0) is 11.2 Å². The molecule has 1 aliphatic heterocycles. The number of carbonyl (C=O) groups is 2. The monoisotopic (exact) mass is 507 g/mol. The van der Waals surface area contributed by atoms with Gasteiger partial charge in [0.25, 0.3) is 11.1 Å². The molecule has 0 spiro atoms. The number of amides is 2. The van der Waals surface area contributed by atoms with E-state index < -0.39 is 0 Å². The molecular weight excluding hydrogens is 485 g/mol. The third-order valence-electron chi connectivity index (χ3n) is 4.97. The Hall–Kier alpha value is -1.93. The molecule has 5 nitrogen and oxygen atoms in total. The Morgan fingerprint density at radius 3 is 2.72 bits per heavy atom. The minimum atomic E-state index is -0.168. The Morgan fingerprint density at radius 2 is 1.91 bits per heavy atom. The number of imide groups is 1. The van der Waals surface area contributed by atoms with Crippen molar-refractivity contribution in [1.82, 2.24) is 14.3 Å². The maximum atomic E-state index is 12.6. The lowest BCUT2D eigenvalue weighted by Gasteiger charge is -2.12. The van der Waals surface area contributed by atoms with Crippen LogP contribution in [0.5, 0.6) is 0 Å². The Morgan fingerprint density at radius 1 is 1.09 bits per heavy atom. The summed E-state index contributed by atoms with van der Waals surface area (Å²) in [5.41, 5.74) is 2.09. The molecule has 0 N–H and O–H groups in total. The molecule has 0 radical (unpaired) electrons. The minimum Gasteiger partial charge on any atom is -0.294 e. The van der Waals surface area contributed by atoms with Crippen molar-refractivity contribution in [2.75, 3.05) is 12.3 Å². The van der Waals surface area contributed by atoms with E-state index >= 15 is 0 Å². The molecular formula is C23H23Cl2N3O2S2. The van der Waals surface area contributed by atoms with Crippen LogP contribution in [0.25, 0.3) is 5.65 Å². The van der Waals surface area contributed by atoms with Gasteiger partial charge >= 0.3 is 0 Å². The maximum Gasteiger partial charge on any atom is 0.293 e. The highest BCUT2D eigenvalue weighted by Crippen LogP contribution is 2.31. The number of nitrogens with zero attached hydrogens (tertiary/aromatic N) is 3. The molecule has 32 heavy (non-hydrogen) atoms. The van der Waals surface area contributed by atoms with Gasteiger partial charge in [0.15, 0.2) is 0 Å². The molecule has 1 aliphatic rings. The van der Waals surface area contributed by atoms with Gasteiger partial charge in [0.1, 0.15) is 5.65 Å². The number of fused-ring (bicyclic) bond motifs is 1. The lowest BCUT2D eigenvalue weighted by Crippen LogP contribution is -2.29. The summed E-state index contributed by atoms with van der Waals surface area (Å²) in [6.45, 7) is 0.467. The predicted octanol–water partition coefficient (Wildman–Crippen LogP) is 6.49. The smallest absolute Gasteiger partial charge is 0.293 e. The van der Waals surface area contributed by atoms with Gasteiger partial charge in [-0.05, 0) is 73.0 Å².